The molecule has 0 aromatic rings. The SMILES string of the molecule is C1COC(C2OC2COCC2OC2C2CCCO2)C1. The molecule has 4 aliphatic rings. The first-order valence-electron chi connectivity index (χ1n) is 7.54. The summed E-state index contributed by atoms with van der Waals surface area (Å²) in [6.07, 6.45) is 6.24. The average molecular weight is 270 g/mol. The van der Waals surface area contributed by atoms with Crippen molar-refractivity contribution >= 4 is 0 Å². The van der Waals surface area contributed by atoms with Gasteiger partial charge in [-0.05, 0) is 25.7 Å². The van der Waals surface area contributed by atoms with E-state index < -0.39 is 0 Å². The first-order valence-corrected chi connectivity index (χ1v) is 7.54. The van der Waals surface area contributed by atoms with Crippen molar-refractivity contribution in [1.82, 2.24) is 0 Å². The minimum absolute atomic E-state index is 0.239. The molecule has 0 radical (unpaired) electrons. The Kier molecular flexibility index (Phi) is 3.49. The van der Waals surface area contributed by atoms with E-state index in [0.717, 1.165) is 38.9 Å². The van der Waals surface area contributed by atoms with E-state index >= 15 is 0 Å². The molecule has 108 valence electrons. The minimum Gasteiger partial charge on any atom is -0.376 e. The number of hydrogen-bond donors (Lipinski definition) is 0. The van der Waals surface area contributed by atoms with E-state index in [0.29, 0.717) is 25.4 Å². The molecular formula is C14H22O5. The van der Waals surface area contributed by atoms with Gasteiger partial charge in [0.1, 0.15) is 24.4 Å². The van der Waals surface area contributed by atoms with Gasteiger partial charge in [-0.25, -0.2) is 0 Å². The van der Waals surface area contributed by atoms with E-state index in [9.17, 15) is 0 Å². The lowest BCUT2D eigenvalue weighted by Crippen LogP contribution is -2.20. The van der Waals surface area contributed by atoms with Crippen LogP contribution in [-0.2, 0) is 23.7 Å². The second-order valence-corrected chi connectivity index (χ2v) is 5.92. The molecular weight excluding hydrogens is 248 g/mol. The maximum atomic E-state index is 5.70. The quantitative estimate of drug-likeness (QED) is 0.671. The number of hydrogen-bond acceptors (Lipinski definition) is 5. The number of ether oxygens (including phenoxy) is 5. The molecule has 0 aromatic heterocycles. The molecule has 0 spiro atoms. The molecule has 4 rings (SSSR count). The van der Waals surface area contributed by atoms with Crippen molar-refractivity contribution in [2.45, 2.75) is 62.3 Å². The Morgan fingerprint density at radius 1 is 0.789 bits per heavy atom. The zero-order valence-corrected chi connectivity index (χ0v) is 11.2. The maximum absolute atomic E-state index is 5.70. The zero-order chi connectivity index (χ0) is 12.7. The summed E-state index contributed by atoms with van der Waals surface area (Å²) in [4.78, 5) is 0. The van der Waals surface area contributed by atoms with Gasteiger partial charge < -0.3 is 23.7 Å². The van der Waals surface area contributed by atoms with Crippen LogP contribution in [0.15, 0.2) is 0 Å². The lowest BCUT2D eigenvalue weighted by atomic mass is 10.1. The summed E-state index contributed by atoms with van der Waals surface area (Å²) in [6.45, 7) is 3.11. The van der Waals surface area contributed by atoms with Crippen LogP contribution in [0.2, 0.25) is 0 Å². The predicted molar refractivity (Wildman–Crippen MR) is 66.1 cm³/mol. The van der Waals surface area contributed by atoms with Crippen molar-refractivity contribution in [3.8, 4) is 0 Å². The van der Waals surface area contributed by atoms with Crippen molar-refractivity contribution in [2.24, 2.45) is 0 Å². The summed E-state index contributed by atoms with van der Waals surface area (Å²) in [6, 6.07) is 0. The van der Waals surface area contributed by atoms with Gasteiger partial charge in [0, 0.05) is 13.2 Å². The zero-order valence-electron chi connectivity index (χ0n) is 11.2. The Balaban J connectivity index is 1.10. The van der Waals surface area contributed by atoms with Crippen molar-refractivity contribution in [2.75, 3.05) is 26.4 Å². The van der Waals surface area contributed by atoms with Crippen LogP contribution in [0.5, 0.6) is 0 Å². The van der Waals surface area contributed by atoms with Gasteiger partial charge in [-0.15, -0.1) is 0 Å². The van der Waals surface area contributed by atoms with Crippen LogP contribution < -0.4 is 0 Å². The topological polar surface area (TPSA) is 52.8 Å². The molecule has 4 fully saturated rings. The third-order valence-corrected chi connectivity index (χ3v) is 4.47. The van der Waals surface area contributed by atoms with Crippen molar-refractivity contribution in [3.63, 3.8) is 0 Å². The molecule has 5 nitrogen and oxygen atoms in total. The van der Waals surface area contributed by atoms with Crippen LogP contribution in [0.3, 0.4) is 0 Å². The fourth-order valence-electron chi connectivity index (χ4n) is 3.26. The number of epoxide rings is 2. The molecule has 19 heavy (non-hydrogen) atoms. The van der Waals surface area contributed by atoms with Crippen molar-refractivity contribution < 1.29 is 23.7 Å². The van der Waals surface area contributed by atoms with Gasteiger partial charge >= 0.3 is 0 Å². The van der Waals surface area contributed by atoms with Gasteiger partial charge in [0.2, 0.25) is 0 Å². The van der Waals surface area contributed by atoms with E-state index in [4.69, 9.17) is 23.7 Å². The summed E-state index contributed by atoms with van der Waals surface area (Å²) >= 11 is 0. The van der Waals surface area contributed by atoms with Gasteiger partial charge in [0.05, 0.1) is 25.4 Å². The van der Waals surface area contributed by atoms with Crippen LogP contribution in [0, 0.1) is 0 Å². The molecule has 0 N–H and O–H groups in total. The summed E-state index contributed by atoms with van der Waals surface area (Å²) in [7, 11) is 0. The van der Waals surface area contributed by atoms with E-state index in [2.05, 4.69) is 0 Å². The Morgan fingerprint density at radius 3 is 1.74 bits per heavy atom. The highest BCUT2D eigenvalue weighted by molar-refractivity contribution is 4.95. The smallest absolute Gasteiger partial charge is 0.113 e. The third-order valence-electron chi connectivity index (χ3n) is 4.47. The van der Waals surface area contributed by atoms with Crippen LogP contribution >= 0.6 is 0 Å². The second-order valence-electron chi connectivity index (χ2n) is 5.92. The highest BCUT2D eigenvalue weighted by Gasteiger charge is 2.49. The summed E-state index contributed by atoms with van der Waals surface area (Å²) in [5, 5.41) is 0. The number of rotatable bonds is 6. The van der Waals surface area contributed by atoms with E-state index in [1.165, 1.54) is 0 Å². The third kappa shape index (κ3) is 2.81. The Morgan fingerprint density at radius 2 is 1.32 bits per heavy atom. The molecule has 4 saturated heterocycles. The Hall–Kier alpha value is -0.200. The van der Waals surface area contributed by atoms with Crippen LogP contribution in [0.1, 0.15) is 25.7 Å². The van der Waals surface area contributed by atoms with Gasteiger partial charge in [0.25, 0.3) is 0 Å². The standard InChI is InChI=1S/C14H22O5/c1-3-9(16-5-1)13-11(18-13)7-15-8-12-14(19-12)10-4-2-6-17-10/h9-14H,1-8H2. The first-order chi connectivity index (χ1) is 9.42. The summed E-state index contributed by atoms with van der Waals surface area (Å²) in [5.41, 5.74) is 0. The highest BCUT2D eigenvalue weighted by atomic mass is 16.7. The molecule has 0 aliphatic carbocycles. The second kappa shape index (κ2) is 5.30. The molecule has 0 aromatic carbocycles. The lowest BCUT2D eigenvalue weighted by molar-refractivity contribution is 0.0858. The van der Waals surface area contributed by atoms with E-state index in [1.807, 2.05) is 0 Å². The van der Waals surface area contributed by atoms with Crippen molar-refractivity contribution in [1.29, 1.82) is 0 Å². The monoisotopic (exact) mass is 270 g/mol. The first kappa shape index (κ1) is 12.5. The van der Waals surface area contributed by atoms with Crippen LogP contribution in [-0.4, -0.2) is 63.1 Å². The lowest BCUT2D eigenvalue weighted by Gasteiger charge is -2.05. The molecule has 4 heterocycles. The van der Waals surface area contributed by atoms with Crippen molar-refractivity contribution in [3.05, 3.63) is 0 Å². The summed E-state index contributed by atoms with van der Waals surface area (Å²) < 4.78 is 28.1. The molecule has 6 unspecified atom stereocenters. The maximum Gasteiger partial charge on any atom is 0.113 e. The van der Waals surface area contributed by atoms with Crippen LogP contribution in [0.25, 0.3) is 0 Å². The Labute approximate surface area is 113 Å². The van der Waals surface area contributed by atoms with E-state index in [1.54, 1.807) is 0 Å². The average Bonchev–Trinajstić information content (AvgIpc) is 3.21. The highest BCUT2D eigenvalue weighted by Crippen LogP contribution is 2.34. The fraction of sp³-hybridized carbons (Fsp3) is 1.00. The predicted octanol–water partition coefficient (Wildman–Crippen LogP) is 0.896. The van der Waals surface area contributed by atoms with Gasteiger partial charge in [0.15, 0.2) is 0 Å². The normalized spacial score (nSPS) is 48.6. The van der Waals surface area contributed by atoms with Gasteiger partial charge in [-0.2, -0.15) is 0 Å². The van der Waals surface area contributed by atoms with Gasteiger partial charge in [-0.3, -0.25) is 0 Å². The summed E-state index contributed by atoms with van der Waals surface area (Å²) in [5.74, 6) is 0. The van der Waals surface area contributed by atoms with E-state index in [-0.39, 0.29) is 24.4 Å². The van der Waals surface area contributed by atoms with Crippen LogP contribution in [0.4, 0.5) is 0 Å². The molecule has 4 aliphatic heterocycles. The molecule has 5 heteroatoms. The molecule has 0 saturated carbocycles. The van der Waals surface area contributed by atoms with Gasteiger partial charge in [-0.1, -0.05) is 0 Å². The minimum atomic E-state index is 0.239. The Bertz CT molecular complexity index is 281. The molecule has 0 amide bonds. The largest absolute Gasteiger partial charge is 0.376 e. The molecule has 6 atom stereocenters. The fourth-order valence-corrected chi connectivity index (χ4v) is 3.26. The molecule has 0 bridgehead atoms.